The van der Waals surface area contributed by atoms with Gasteiger partial charge in [-0.05, 0) is 46.3 Å². The van der Waals surface area contributed by atoms with Crippen molar-refractivity contribution in [3.8, 4) is 0 Å². The third kappa shape index (κ3) is 3.42. The van der Waals surface area contributed by atoms with Crippen molar-refractivity contribution in [1.82, 2.24) is 10.2 Å². The van der Waals surface area contributed by atoms with Crippen LogP contribution in [0, 0.1) is 0 Å². The van der Waals surface area contributed by atoms with Crippen LogP contribution in [-0.2, 0) is 0 Å². The minimum Gasteiger partial charge on any atom is -0.372 e. The summed E-state index contributed by atoms with van der Waals surface area (Å²) in [6, 6.07) is 8.39. The average molecular weight is 342 g/mol. The number of hydrogen-bond acceptors (Lipinski definition) is 4. The number of anilines is 2. The van der Waals surface area contributed by atoms with E-state index in [2.05, 4.69) is 36.8 Å². The lowest BCUT2D eigenvalue weighted by molar-refractivity contribution is 0.102. The molecular weight excluding hydrogens is 332 g/mol. The van der Waals surface area contributed by atoms with Crippen LogP contribution in [-0.4, -0.2) is 23.2 Å². The Morgan fingerprint density at radius 3 is 2.63 bits per heavy atom. The molecule has 0 aliphatic rings. The van der Waals surface area contributed by atoms with Gasteiger partial charge in [-0.25, -0.2) is 0 Å². The highest BCUT2D eigenvalue weighted by Gasteiger charge is 2.09. The lowest BCUT2D eigenvalue weighted by atomic mass is 10.3. The van der Waals surface area contributed by atoms with E-state index < -0.39 is 0 Å². The molecule has 19 heavy (non-hydrogen) atoms. The zero-order valence-corrected chi connectivity index (χ0v) is 12.3. The number of carbonyl (C=O) groups is 1. The van der Waals surface area contributed by atoms with Crippen LogP contribution < -0.4 is 10.6 Å². The second kappa shape index (κ2) is 5.99. The molecule has 7 heteroatoms. The Labute approximate surface area is 123 Å². The zero-order valence-electron chi connectivity index (χ0n) is 9.95. The topological polar surface area (TPSA) is 66.9 Å². The van der Waals surface area contributed by atoms with E-state index in [1.165, 1.54) is 0 Å². The van der Waals surface area contributed by atoms with Gasteiger partial charge in [0, 0.05) is 17.2 Å². The Kier molecular flexibility index (Phi) is 4.34. The smallest absolute Gasteiger partial charge is 0.276 e. The van der Waals surface area contributed by atoms with Crippen molar-refractivity contribution in [1.29, 1.82) is 0 Å². The Bertz CT molecular complexity index is 603. The Morgan fingerprint density at radius 1 is 1.26 bits per heavy atom. The Morgan fingerprint density at radius 2 is 2.05 bits per heavy atom. The lowest BCUT2D eigenvalue weighted by Gasteiger charge is -2.06. The summed E-state index contributed by atoms with van der Waals surface area (Å²) in [5.74, 6) is 0.273. The molecule has 0 saturated carbocycles. The molecule has 1 aromatic heterocycles. The zero-order chi connectivity index (χ0) is 13.8. The van der Waals surface area contributed by atoms with Gasteiger partial charge in [-0.15, -0.1) is 10.2 Å². The average Bonchev–Trinajstić information content (AvgIpc) is 2.43. The number of rotatable bonds is 3. The highest BCUT2D eigenvalue weighted by molar-refractivity contribution is 9.10. The maximum Gasteiger partial charge on any atom is 0.276 e. The third-order valence-electron chi connectivity index (χ3n) is 2.33. The lowest BCUT2D eigenvalue weighted by Crippen LogP contribution is -2.14. The van der Waals surface area contributed by atoms with Crippen LogP contribution in [0.25, 0.3) is 0 Å². The molecule has 0 aliphatic carbocycles. The van der Waals surface area contributed by atoms with Gasteiger partial charge in [0.05, 0.1) is 5.02 Å². The quantitative estimate of drug-likeness (QED) is 0.900. The van der Waals surface area contributed by atoms with E-state index in [4.69, 9.17) is 11.6 Å². The fourth-order valence-corrected chi connectivity index (χ4v) is 1.85. The first-order valence-electron chi connectivity index (χ1n) is 5.38. The van der Waals surface area contributed by atoms with Crippen molar-refractivity contribution in [2.24, 2.45) is 0 Å². The molecule has 98 valence electrons. The maximum atomic E-state index is 11.9. The van der Waals surface area contributed by atoms with Gasteiger partial charge >= 0.3 is 0 Å². The predicted molar refractivity (Wildman–Crippen MR) is 78.7 cm³/mol. The molecule has 0 aliphatic heterocycles. The minimum absolute atomic E-state index is 0.241. The summed E-state index contributed by atoms with van der Waals surface area (Å²) in [5, 5.41) is 13.8. The van der Waals surface area contributed by atoms with Crippen molar-refractivity contribution < 1.29 is 4.79 Å². The number of carbonyl (C=O) groups excluding carboxylic acids is 1. The van der Waals surface area contributed by atoms with Gasteiger partial charge in [0.1, 0.15) is 5.82 Å². The molecule has 1 heterocycles. The SMILES string of the molecule is CNc1ccc(C(=O)Nc2ccc(Cl)c(Br)c2)nn1. The number of hydrogen-bond donors (Lipinski definition) is 2. The van der Waals surface area contributed by atoms with Crippen LogP contribution in [0.15, 0.2) is 34.8 Å². The van der Waals surface area contributed by atoms with Crippen LogP contribution in [0.2, 0.25) is 5.02 Å². The summed E-state index contributed by atoms with van der Waals surface area (Å²) in [6.07, 6.45) is 0. The molecule has 1 amide bonds. The van der Waals surface area contributed by atoms with E-state index in [1.54, 1.807) is 37.4 Å². The third-order valence-corrected chi connectivity index (χ3v) is 3.54. The van der Waals surface area contributed by atoms with Crippen molar-refractivity contribution in [2.75, 3.05) is 17.7 Å². The molecule has 0 spiro atoms. The fraction of sp³-hybridized carbons (Fsp3) is 0.0833. The van der Waals surface area contributed by atoms with Gasteiger partial charge in [0.2, 0.25) is 0 Å². The van der Waals surface area contributed by atoms with Crippen LogP contribution in [0.1, 0.15) is 10.5 Å². The molecule has 0 radical (unpaired) electrons. The van der Waals surface area contributed by atoms with Gasteiger partial charge in [-0.2, -0.15) is 0 Å². The van der Waals surface area contributed by atoms with Gasteiger partial charge in [0.25, 0.3) is 5.91 Å². The van der Waals surface area contributed by atoms with Gasteiger partial charge in [0.15, 0.2) is 5.69 Å². The first kappa shape index (κ1) is 13.8. The van der Waals surface area contributed by atoms with Crippen molar-refractivity contribution >= 4 is 44.9 Å². The number of halogens is 2. The molecule has 0 saturated heterocycles. The molecular formula is C12H10BrClN4O. The highest BCUT2D eigenvalue weighted by atomic mass is 79.9. The molecule has 2 rings (SSSR count). The molecule has 0 unspecified atom stereocenters. The number of benzene rings is 1. The number of nitrogens with one attached hydrogen (secondary N) is 2. The van der Waals surface area contributed by atoms with Crippen LogP contribution >= 0.6 is 27.5 Å². The summed E-state index contributed by atoms with van der Waals surface area (Å²) < 4.78 is 0.712. The van der Waals surface area contributed by atoms with E-state index >= 15 is 0 Å². The number of aromatic nitrogens is 2. The molecule has 2 aromatic rings. The molecule has 0 fully saturated rings. The van der Waals surface area contributed by atoms with E-state index in [-0.39, 0.29) is 11.6 Å². The molecule has 1 aromatic carbocycles. The van der Waals surface area contributed by atoms with Crippen molar-refractivity contribution in [3.05, 3.63) is 45.5 Å². The van der Waals surface area contributed by atoms with Gasteiger partial charge in [-0.3, -0.25) is 4.79 Å². The monoisotopic (exact) mass is 340 g/mol. The van der Waals surface area contributed by atoms with E-state index in [1.807, 2.05) is 0 Å². The summed E-state index contributed by atoms with van der Waals surface area (Å²) in [7, 11) is 1.73. The Balaban J connectivity index is 2.13. The Hall–Kier alpha value is -1.66. The largest absolute Gasteiger partial charge is 0.372 e. The fourth-order valence-electron chi connectivity index (χ4n) is 1.36. The van der Waals surface area contributed by atoms with Crippen LogP contribution in [0.5, 0.6) is 0 Å². The number of nitrogens with zero attached hydrogens (tertiary/aromatic N) is 2. The van der Waals surface area contributed by atoms with E-state index in [0.717, 1.165) is 0 Å². The first-order chi connectivity index (χ1) is 9.10. The maximum absolute atomic E-state index is 11.9. The summed E-state index contributed by atoms with van der Waals surface area (Å²) >= 11 is 9.17. The summed E-state index contributed by atoms with van der Waals surface area (Å²) in [6.45, 7) is 0. The summed E-state index contributed by atoms with van der Waals surface area (Å²) in [4.78, 5) is 11.9. The standard InChI is InChI=1S/C12H10BrClN4O/c1-15-11-5-4-10(17-18-11)12(19)16-7-2-3-9(14)8(13)6-7/h2-6H,1H3,(H,15,18)(H,16,19). The number of amides is 1. The van der Waals surface area contributed by atoms with Gasteiger partial charge in [-0.1, -0.05) is 11.6 Å². The first-order valence-corrected chi connectivity index (χ1v) is 6.55. The molecule has 5 nitrogen and oxygen atoms in total. The van der Waals surface area contributed by atoms with Gasteiger partial charge < -0.3 is 10.6 Å². The van der Waals surface area contributed by atoms with Crippen LogP contribution in [0.3, 0.4) is 0 Å². The molecule has 0 atom stereocenters. The van der Waals surface area contributed by atoms with Crippen LogP contribution in [0.4, 0.5) is 11.5 Å². The normalized spacial score (nSPS) is 10.1. The molecule has 0 bridgehead atoms. The van der Waals surface area contributed by atoms with E-state index in [0.29, 0.717) is 21.0 Å². The predicted octanol–water partition coefficient (Wildman–Crippen LogP) is 3.19. The highest BCUT2D eigenvalue weighted by Crippen LogP contribution is 2.25. The van der Waals surface area contributed by atoms with E-state index in [9.17, 15) is 4.79 Å². The van der Waals surface area contributed by atoms with Crippen molar-refractivity contribution in [3.63, 3.8) is 0 Å². The second-order valence-electron chi connectivity index (χ2n) is 3.64. The van der Waals surface area contributed by atoms with Crippen molar-refractivity contribution in [2.45, 2.75) is 0 Å². The second-order valence-corrected chi connectivity index (χ2v) is 4.90. The minimum atomic E-state index is -0.329. The molecule has 2 N–H and O–H groups in total. The summed E-state index contributed by atoms with van der Waals surface area (Å²) in [5.41, 5.74) is 0.867.